The van der Waals surface area contributed by atoms with Crippen molar-refractivity contribution in [3.8, 4) is 0 Å². The second-order valence-electron chi connectivity index (χ2n) is 1.67. The zero-order valence-corrected chi connectivity index (χ0v) is 6.74. The van der Waals surface area contributed by atoms with Crippen molar-refractivity contribution in [1.82, 2.24) is 0 Å². The van der Waals surface area contributed by atoms with E-state index in [-0.39, 0.29) is 0 Å². The molecule has 58 valence electrons. The van der Waals surface area contributed by atoms with Crippen LogP contribution in [0.5, 0.6) is 0 Å². The fraction of sp³-hybridized carbons (Fsp3) is 0.500. The van der Waals surface area contributed by atoms with Crippen molar-refractivity contribution >= 4 is 31.7 Å². The molecule has 0 rings (SSSR count). The number of Topliss-reactive ketones (excluding diaryl/α,β-unsaturated/α-hetero) is 1. The Labute approximate surface area is 63.1 Å². The third-order valence-corrected chi connectivity index (χ3v) is 2.51. The number of carbonyl (C=O) groups is 1. The summed E-state index contributed by atoms with van der Waals surface area (Å²) in [4.78, 5) is 10.4. The number of halogens is 1. The first-order chi connectivity index (χ1) is 4.39. The van der Waals surface area contributed by atoms with E-state index >= 15 is 0 Å². The molecule has 0 heterocycles. The van der Waals surface area contributed by atoms with Crippen LogP contribution in [-0.2, 0) is 13.8 Å². The van der Waals surface area contributed by atoms with E-state index in [2.05, 4.69) is 0 Å². The van der Waals surface area contributed by atoms with Gasteiger partial charge in [-0.2, -0.15) is 0 Å². The molecule has 0 bridgehead atoms. The lowest BCUT2D eigenvalue weighted by Gasteiger charge is -1.99. The van der Waals surface area contributed by atoms with E-state index in [9.17, 15) is 13.2 Å². The van der Waals surface area contributed by atoms with Crippen LogP contribution in [0.4, 0.5) is 0 Å². The van der Waals surface area contributed by atoms with Crippen molar-refractivity contribution in [3.63, 3.8) is 0 Å². The number of rotatable bonds is 3. The summed E-state index contributed by atoms with van der Waals surface area (Å²) in [7, 11) is 0.860. The molecule has 4 nitrogen and oxygen atoms in total. The lowest BCUT2D eigenvalue weighted by molar-refractivity contribution is -0.115. The average molecular weight is 184 g/mol. The molecule has 1 N–H and O–H groups in total. The number of ketones is 1. The third-order valence-electron chi connectivity index (χ3n) is 0.855. The van der Waals surface area contributed by atoms with Gasteiger partial charge in [-0.3, -0.25) is 4.79 Å². The van der Waals surface area contributed by atoms with Gasteiger partial charge >= 0.3 is 0 Å². The quantitative estimate of drug-likeness (QED) is 0.500. The van der Waals surface area contributed by atoms with Crippen LogP contribution in [0.15, 0.2) is 0 Å². The lowest BCUT2D eigenvalue weighted by atomic mass is 10.3. The first-order valence-corrected chi connectivity index (χ1v) is 4.71. The molecular formula is C4H6ClNO3S. The SMILES string of the molecule is CC(=O)C(C=N)S(=O)(=O)Cl. The van der Waals surface area contributed by atoms with Gasteiger partial charge in [0.1, 0.15) is 0 Å². The van der Waals surface area contributed by atoms with Gasteiger partial charge in [-0.05, 0) is 6.92 Å². The molecule has 0 amide bonds. The molecular weight excluding hydrogens is 178 g/mol. The van der Waals surface area contributed by atoms with Crippen LogP contribution < -0.4 is 0 Å². The summed E-state index contributed by atoms with van der Waals surface area (Å²) in [5.74, 6) is -0.648. The van der Waals surface area contributed by atoms with Gasteiger partial charge in [0.05, 0.1) is 0 Å². The van der Waals surface area contributed by atoms with E-state index in [1.54, 1.807) is 0 Å². The molecule has 0 spiro atoms. The summed E-state index contributed by atoms with van der Waals surface area (Å²) in [6.45, 7) is 1.07. The predicted molar refractivity (Wildman–Crippen MR) is 38.0 cm³/mol. The van der Waals surface area contributed by atoms with Crippen molar-refractivity contribution in [2.75, 3.05) is 0 Å². The van der Waals surface area contributed by atoms with Gasteiger partial charge in [0.25, 0.3) is 0 Å². The molecule has 0 aromatic carbocycles. The minimum atomic E-state index is -3.93. The van der Waals surface area contributed by atoms with Crippen LogP contribution >= 0.6 is 10.7 Å². The van der Waals surface area contributed by atoms with Gasteiger partial charge in [-0.1, -0.05) is 0 Å². The molecule has 0 radical (unpaired) electrons. The summed E-state index contributed by atoms with van der Waals surface area (Å²) in [5, 5.41) is 5.04. The van der Waals surface area contributed by atoms with E-state index in [0.717, 1.165) is 6.92 Å². The van der Waals surface area contributed by atoms with Crippen LogP contribution in [0.25, 0.3) is 0 Å². The van der Waals surface area contributed by atoms with Crippen LogP contribution in [0, 0.1) is 5.41 Å². The highest BCUT2D eigenvalue weighted by Gasteiger charge is 2.24. The third kappa shape index (κ3) is 2.45. The van der Waals surface area contributed by atoms with Crippen molar-refractivity contribution in [3.05, 3.63) is 0 Å². The second-order valence-corrected chi connectivity index (χ2v) is 4.42. The van der Waals surface area contributed by atoms with Crippen LogP contribution in [0.1, 0.15) is 6.92 Å². The fourth-order valence-electron chi connectivity index (χ4n) is 0.397. The Balaban J connectivity index is 4.72. The zero-order valence-electron chi connectivity index (χ0n) is 5.17. The maximum atomic E-state index is 10.4. The van der Waals surface area contributed by atoms with Crippen molar-refractivity contribution in [1.29, 1.82) is 5.41 Å². The Hall–Kier alpha value is -0.420. The van der Waals surface area contributed by atoms with E-state index < -0.39 is 20.1 Å². The van der Waals surface area contributed by atoms with Crippen LogP contribution in [0.3, 0.4) is 0 Å². The number of hydrogen-bond acceptors (Lipinski definition) is 4. The van der Waals surface area contributed by atoms with Crippen molar-refractivity contribution < 1.29 is 13.2 Å². The van der Waals surface area contributed by atoms with Crippen LogP contribution in [-0.4, -0.2) is 25.7 Å². The molecule has 0 aliphatic carbocycles. The molecule has 0 aromatic heterocycles. The first-order valence-electron chi connectivity index (χ1n) is 2.34. The molecule has 1 atom stereocenters. The minimum Gasteiger partial charge on any atom is -0.311 e. The van der Waals surface area contributed by atoms with Crippen molar-refractivity contribution in [2.24, 2.45) is 0 Å². The molecule has 0 aliphatic rings. The Bertz CT molecular complexity index is 245. The molecule has 1 unspecified atom stereocenters. The maximum absolute atomic E-state index is 10.4. The highest BCUT2D eigenvalue weighted by Crippen LogP contribution is 2.05. The summed E-state index contributed by atoms with van der Waals surface area (Å²) >= 11 is 0. The topological polar surface area (TPSA) is 75.1 Å². The first kappa shape index (κ1) is 9.58. The molecule has 0 fully saturated rings. The average Bonchev–Trinajstić information content (AvgIpc) is 1.60. The molecule has 0 saturated heterocycles. The van der Waals surface area contributed by atoms with Gasteiger partial charge in [0.15, 0.2) is 11.0 Å². The fourth-order valence-corrected chi connectivity index (χ4v) is 1.49. The number of carbonyl (C=O) groups excluding carboxylic acids is 1. The summed E-state index contributed by atoms with van der Waals surface area (Å²) in [6, 6.07) is 0. The van der Waals surface area contributed by atoms with E-state index in [1.165, 1.54) is 0 Å². The van der Waals surface area contributed by atoms with Crippen molar-refractivity contribution in [2.45, 2.75) is 12.2 Å². The normalized spacial score (nSPS) is 14.2. The van der Waals surface area contributed by atoms with E-state index in [1.807, 2.05) is 0 Å². The molecule has 0 aromatic rings. The number of nitrogens with one attached hydrogen (secondary N) is 1. The van der Waals surface area contributed by atoms with Gasteiger partial charge in [-0.25, -0.2) is 8.42 Å². The molecule has 0 saturated carbocycles. The minimum absolute atomic E-state index is 0.505. The lowest BCUT2D eigenvalue weighted by Crippen LogP contribution is -2.25. The largest absolute Gasteiger partial charge is 0.311 e. The Kier molecular flexibility index (Phi) is 2.98. The highest BCUT2D eigenvalue weighted by molar-refractivity contribution is 8.15. The Morgan fingerprint density at radius 2 is 2.10 bits per heavy atom. The standard InChI is InChI=1S/C4H6ClNO3S/c1-3(7)4(2-6)10(5,8)9/h2,4,6H,1H3. The summed E-state index contributed by atoms with van der Waals surface area (Å²) in [5.41, 5.74) is 0. The van der Waals surface area contributed by atoms with Gasteiger partial charge in [0.2, 0.25) is 9.05 Å². The van der Waals surface area contributed by atoms with Gasteiger partial charge < -0.3 is 5.41 Å². The zero-order chi connectivity index (χ0) is 8.36. The Morgan fingerprint density at radius 1 is 1.70 bits per heavy atom. The maximum Gasteiger partial charge on any atom is 0.247 e. The Morgan fingerprint density at radius 3 is 2.10 bits per heavy atom. The van der Waals surface area contributed by atoms with E-state index in [4.69, 9.17) is 16.1 Å². The van der Waals surface area contributed by atoms with E-state index in [0.29, 0.717) is 6.21 Å². The predicted octanol–water partition coefficient (Wildman–Crippen LogP) is 0.162. The second kappa shape index (κ2) is 3.12. The summed E-state index contributed by atoms with van der Waals surface area (Å²) in [6.07, 6.45) is 0.505. The monoisotopic (exact) mass is 183 g/mol. The van der Waals surface area contributed by atoms with Gasteiger partial charge in [0, 0.05) is 16.9 Å². The smallest absolute Gasteiger partial charge is 0.247 e. The van der Waals surface area contributed by atoms with Crippen LogP contribution in [0.2, 0.25) is 0 Å². The molecule has 10 heavy (non-hydrogen) atoms. The molecule has 6 heteroatoms. The van der Waals surface area contributed by atoms with Gasteiger partial charge in [-0.15, -0.1) is 0 Å². The molecule has 0 aliphatic heterocycles. The summed E-state index contributed by atoms with van der Waals surface area (Å²) < 4.78 is 20.8. The highest BCUT2D eigenvalue weighted by atomic mass is 35.7. The number of hydrogen-bond donors (Lipinski definition) is 1.